The Morgan fingerprint density at radius 1 is 1.30 bits per heavy atom. The van der Waals surface area contributed by atoms with Crippen LogP contribution in [0.5, 0.6) is 5.75 Å². The summed E-state index contributed by atoms with van der Waals surface area (Å²) < 4.78 is 5.69. The minimum Gasteiger partial charge on any atom is -0.481 e. The molecule has 20 heavy (non-hydrogen) atoms. The van der Waals surface area contributed by atoms with E-state index in [0.717, 1.165) is 31.5 Å². The molecule has 1 unspecified atom stereocenters. The molecule has 0 bridgehead atoms. The highest BCUT2D eigenvalue weighted by molar-refractivity contribution is 5.81. The van der Waals surface area contributed by atoms with Gasteiger partial charge in [-0.05, 0) is 43.9 Å². The quantitative estimate of drug-likeness (QED) is 0.846. The number of piperidine rings is 1. The van der Waals surface area contributed by atoms with E-state index in [9.17, 15) is 4.79 Å². The van der Waals surface area contributed by atoms with Crippen molar-refractivity contribution >= 4 is 5.91 Å². The monoisotopic (exact) mass is 272 g/mol. The molecule has 0 radical (unpaired) electrons. The van der Waals surface area contributed by atoms with Crippen LogP contribution in [-0.4, -0.2) is 30.0 Å². The number of nitriles is 1. The van der Waals surface area contributed by atoms with Gasteiger partial charge in [0, 0.05) is 13.1 Å². The van der Waals surface area contributed by atoms with Crippen LogP contribution < -0.4 is 4.74 Å². The summed E-state index contributed by atoms with van der Waals surface area (Å²) in [7, 11) is 0. The molecular weight excluding hydrogens is 252 g/mol. The Balaban J connectivity index is 1.91. The molecule has 0 saturated carbocycles. The molecule has 1 aromatic rings. The van der Waals surface area contributed by atoms with Gasteiger partial charge in [0.05, 0.1) is 12.5 Å². The van der Waals surface area contributed by atoms with Crippen LogP contribution in [0.1, 0.15) is 31.7 Å². The van der Waals surface area contributed by atoms with Crippen LogP contribution in [0.3, 0.4) is 0 Å². The first-order valence-corrected chi connectivity index (χ1v) is 7.12. The summed E-state index contributed by atoms with van der Waals surface area (Å²) in [6, 6.07) is 9.44. The molecule has 1 aliphatic heterocycles. The van der Waals surface area contributed by atoms with E-state index in [1.807, 2.05) is 29.2 Å². The van der Waals surface area contributed by atoms with Crippen LogP contribution in [-0.2, 0) is 11.2 Å². The average Bonchev–Trinajstić information content (AvgIpc) is 2.49. The first-order valence-electron chi connectivity index (χ1n) is 7.12. The maximum Gasteiger partial charge on any atom is 0.263 e. The largest absolute Gasteiger partial charge is 0.481 e. The van der Waals surface area contributed by atoms with Gasteiger partial charge in [0.15, 0.2) is 6.10 Å². The van der Waals surface area contributed by atoms with E-state index in [2.05, 4.69) is 6.07 Å². The number of benzene rings is 1. The third-order valence-corrected chi connectivity index (χ3v) is 3.53. The Hall–Kier alpha value is -2.02. The normalized spacial score (nSPS) is 16.3. The summed E-state index contributed by atoms with van der Waals surface area (Å²) in [5, 5.41) is 8.62. The van der Waals surface area contributed by atoms with Crippen LogP contribution >= 0.6 is 0 Å². The molecule has 1 amide bonds. The summed E-state index contributed by atoms with van der Waals surface area (Å²) in [6.07, 6.45) is 3.31. The minimum atomic E-state index is -0.463. The molecule has 1 aromatic carbocycles. The molecule has 4 nitrogen and oxygen atoms in total. The van der Waals surface area contributed by atoms with Crippen molar-refractivity contribution in [3.63, 3.8) is 0 Å². The number of hydrogen-bond donors (Lipinski definition) is 0. The predicted octanol–water partition coefficient (Wildman–Crippen LogP) is 2.53. The maximum absolute atomic E-state index is 12.2. The molecule has 1 aliphatic rings. The van der Waals surface area contributed by atoms with Gasteiger partial charge in [0.2, 0.25) is 0 Å². The Morgan fingerprint density at radius 2 is 1.95 bits per heavy atom. The van der Waals surface area contributed by atoms with Crippen LogP contribution in [0, 0.1) is 11.3 Å². The molecule has 4 heteroatoms. The second-order valence-electron chi connectivity index (χ2n) is 5.12. The average molecular weight is 272 g/mol. The first kappa shape index (κ1) is 14.4. The van der Waals surface area contributed by atoms with Gasteiger partial charge in [-0.3, -0.25) is 4.79 Å². The summed E-state index contributed by atoms with van der Waals surface area (Å²) in [4.78, 5) is 14.1. The van der Waals surface area contributed by atoms with Crippen LogP contribution in [0.15, 0.2) is 24.3 Å². The second kappa shape index (κ2) is 6.95. The summed E-state index contributed by atoms with van der Waals surface area (Å²) in [5.41, 5.74) is 0.954. The fraction of sp³-hybridized carbons (Fsp3) is 0.500. The number of rotatable bonds is 4. The standard InChI is InChI=1S/C16H20N2O2/c1-13(16(19)18-11-3-2-4-12-18)20-15-7-5-14(6-8-15)9-10-17/h5-8,13H,2-4,9,11-12H2,1H3. The minimum absolute atomic E-state index is 0.0609. The van der Waals surface area contributed by atoms with Crippen molar-refractivity contribution in [1.29, 1.82) is 5.26 Å². The molecule has 1 saturated heterocycles. The third-order valence-electron chi connectivity index (χ3n) is 3.53. The Morgan fingerprint density at radius 3 is 2.55 bits per heavy atom. The van der Waals surface area contributed by atoms with Crippen molar-refractivity contribution in [2.24, 2.45) is 0 Å². The highest BCUT2D eigenvalue weighted by Gasteiger charge is 2.23. The molecule has 1 atom stereocenters. The first-order chi connectivity index (χ1) is 9.70. The van der Waals surface area contributed by atoms with Crippen LogP contribution in [0.2, 0.25) is 0 Å². The van der Waals surface area contributed by atoms with E-state index >= 15 is 0 Å². The zero-order chi connectivity index (χ0) is 14.4. The van der Waals surface area contributed by atoms with Gasteiger partial charge in [-0.25, -0.2) is 0 Å². The Kier molecular flexibility index (Phi) is 5.00. The third kappa shape index (κ3) is 3.74. The fourth-order valence-corrected chi connectivity index (χ4v) is 2.40. The van der Waals surface area contributed by atoms with Crippen molar-refractivity contribution in [3.8, 4) is 11.8 Å². The van der Waals surface area contributed by atoms with E-state index in [1.54, 1.807) is 6.92 Å². The predicted molar refractivity (Wildman–Crippen MR) is 76.3 cm³/mol. The summed E-state index contributed by atoms with van der Waals surface area (Å²) in [5.74, 6) is 0.732. The van der Waals surface area contributed by atoms with Gasteiger partial charge < -0.3 is 9.64 Å². The number of likely N-dealkylation sites (tertiary alicyclic amines) is 1. The van der Waals surface area contributed by atoms with Crippen molar-refractivity contribution in [2.45, 2.75) is 38.7 Å². The van der Waals surface area contributed by atoms with E-state index < -0.39 is 6.10 Å². The zero-order valence-corrected chi connectivity index (χ0v) is 11.8. The molecule has 2 rings (SSSR count). The number of carbonyl (C=O) groups is 1. The van der Waals surface area contributed by atoms with Gasteiger partial charge in [-0.1, -0.05) is 12.1 Å². The lowest BCUT2D eigenvalue weighted by atomic mass is 10.1. The van der Waals surface area contributed by atoms with Crippen molar-refractivity contribution in [1.82, 2.24) is 4.90 Å². The van der Waals surface area contributed by atoms with Crippen molar-refractivity contribution < 1.29 is 9.53 Å². The number of nitrogens with zero attached hydrogens (tertiary/aromatic N) is 2. The topological polar surface area (TPSA) is 53.3 Å². The number of amides is 1. The molecule has 1 heterocycles. The number of hydrogen-bond acceptors (Lipinski definition) is 3. The molecule has 0 N–H and O–H groups in total. The van der Waals surface area contributed by atoms with Crippen LogP contribution in [0.4, 0.5) is 0 Å². The fourth-order valence-electron chi connectivity index (χ4n) is 2.40. The van der Waals surface area contributed by atoms with Gasteiger partial charge in [0.1, 0.15) is 5.75 Å². The number of ether oxygens (including phenoxy) is 1. The van der Waals surface area contributed by atoms with Crippen molar-refractivity contribution in [2.75, 3.05) is 13.1 Å². The van der Waals surface area contributed by atoms with Gasteiger partial charge >= 0.3 is 0 Å². The summed E-state index contributed by atoms with van der Waals surface area (Å²) in [6.45, 7) is 3.47. The molecule has 0 aliphatic carbocycles. The van der Waals surface area contributed by atoms with E-state index in [0.29, 0.717) is 12.2 Å². The maximum atomic E-state index is 12.2. The SMILES string of the molecule is CC(Oc1ccc(CC#N)cc1)C(=O)N1CCCCC1. The molecular formula is C16H20N2O2. The molecule has 0 aromatic heterocycles. The Labute approximate surface area is 120 Å². The highest BCUT2D eigenvalue weighted by atomic mass is 16.5. The van der Waals surface area contributed by atoms with Gasteiger partial charge in [0.25, 0.3) is 5.91 Å². The second-order valence-corrected chi connectivity index (χ2v) is 5.12. The van der Waals surface area contributed by atoms with Crippen molar-refractivity contribution in [3.05, 3.63) is 29.8 Å². The lowest BCUT2D eigenvalue weighted by molar-refractivity contribution is -0.138. The van der Waals surface area contributed by atoms with E-state index in [1.165, 1.54) is 6.42 Å². The number of carbonyl (C=O) groups excluding carboxylic acids is 1. The van der Waals surface area contributed by atoms with Gasteiger partial charge in [-0.15, -0.1) is 0 Å². The van der Waals surface area contributed by atoms with Gasteiger partial charge in [-0.2, -0.15) is 5.26 Å². The Bertz CT molecular complexity index is 484. The summed E-state index contributed by atoms with van der Waals surface area (Å²) >= 11 is 0. The lowest BCUT2D eigenvalue weighted by Crippen LogP contribution is -2.43. The molecule has 0 spiro atoms. The molecule has 1 fully saturated rings. The van der Waals surface area contributed by atoms with E-state index in [-0.39, 0.29) is 5.91 Å². The molecule has 106 valence electrons. The smallest absolute Gasteiger partial charge is 0.263 e. The van der Waals surface area contributed by atoms with E-state index in [4.69, 9.17) is 10.00 Å². The highest BCUT2D eigenvalue weighted by Crippen LogP contribution is 2.16. The zero-order valence-electron chi connectivity index (χ0n) is 11.8. The lowest BCUT2D eigenvalue weighted by Gasteiger charge is -2.29. The van der Waals surface area contributed by atoms with Crippen LogP contribution in [0.25, 0.3) is 0 Å².